The third-order valence-corrected chi connectivity index (χ3v) is 3.86. The number of hydrogen-bond acceptors (Lipinski definition) is 5. The van der Waals surface area contributed by atoms with Crippen LogP contribution in [-0.2, 0) is 11.2 Å². The van der Waals surface area contributed by atoms with Crippen LogP contribution >= 0.6 is 0 Å². The van der Waals surface area contributed by atoms with Crippen molar-refractivity contribution in [3.63, 3.8) is 0 Å². The molecular weight excluding hydrogens is 336 g/mol. The molecule has 2 aromatic rings. The van der Waals surface area contributed by atoms with E-state index in [2.05, 4.69) is 5.32 Å². The largest absolute Gasteiger partial charge is 0.497 e. The van der Waals surface area contributed by atoms with Crippen LogP contribution < -0.4 is 14.8 Å². The molecule has 0 aliphatic heterocycles. The van der Waals surface area contributed by atoms with E-state index in [9.17, 15) is 14.9 Å². The average molecular weight is 358 g/mol. The molecule has 0 aliphatic rings. The van der Waals surface area contributed by atoms with Crippen molar-refractivity contribution in [3.8, 4) is 11.5 Å². The highest BCUT2D eigenvalue weighted by Crippen LogP contribution is 2.28. The summed E-state index contributed by atoms with van der Waals surface area (Å²) in [4.78, 5) is 22.8. The molecule has 1 amide bonds. The van der Waals surface area contributed by atoms with Crippen molar-refractivity contribution in [1.29, 1.82) is 0 Å². The molecule has 0 heterocycles. The standard InChI is InChI=1S/C19H22N2O5/c1-13-4-9-18(17(12-13)21(23)24)26-14(2)19(22)20-11-10-15-5-7-16(25-3)8-6-15/h4-9,12,14H,10-11H2,1-3H3,(H,20,22)/t14-/m1/s1. The number of carbonyl (C=O) groups is 1. The Bertz CT molecular complexity index is 774. The number of nitro benzene ring substituents is 1. The van der Waals surface area contributed by atoms with Crippen LogP contribution in [0.3, 0.4) is 0 Å². The number of aryl methyl sites for hydroxylation is 1. The predicted molar refractivity (Wildman–Crippen MR) is 97.6 cm³/mol. The number of carbonyl (C=O) groups excluding carboxylic acids is 1. The van der Waals surface area contributed by atoms with E-state index in [1.807, 2.05) is 24.3 Å². The van der Waals surface area contributed by atoms with Gasteiger partial charge in [0.1, 0.15) is 5.75 Å². The van der Waals surface area contributed by atoms with E-state index >= 15 is 0 Å². The molecule has 0 unspecified atom stereocenters. The highest BCUT2D eigenvalue weighted by Gasteiger charge is 2.21. The molecule has 2 rings (SSSR count). The molecule has 7 heteroatoms. The molecule has 2 aromatic carbocycles. The second-order valence-corrected chi connectivity index (χ2v) is 5.88. The van der Waals surface area contributed by atoms with E-state index < -0.39 is 11.0 Å². The summed E-state index contributed by atoms with van der Waals surface area (Å²) in [6, 6.07) is 12.2. The molecular formula is C19H22N2O5. The Morgan fingerprint density at radius 2 is 1.92 bits per heavy atom. The Hall–Kier alpha value is -3.09. The van der Waals surface area contributed by atoms with E-state index in [-0.39, 0.29) is 17.3 Å². The highest BCUT2D eigenvalue weighted by atomic mass is 16.6. The van der Waals surface area contributed by atoms with Gasteiger partial charge in [0, 0.05) is 12.6 Å². The number of amides is 1. The average Bonchev–Trinajstić information content (AvgIpc) is 2.63. The van der Waals surface area contributed by atoms with E-state index in [1.54, 1.807) is 27.0 Å². The lowest BCUT2D eigenvalue weighted by atomic mass is 10.1. The number of benzene rings is 2. The van der Waals surface area contributed by atoms with Crippen molar-refractivity contribution in [2.75, 3.05) is 13.7 Å². The van der Waals surface area contributed by atoms with Crippen LogP contribution in [0.25, 0.3) is 0 Å². The monoisotopic (exact) mass is 358 g/mol. The van der Waals surface area contributed by atoms with Crippen molar-refractivity contribution in [3.05, 3.63) is 63.7 Å². The molecule has 1 N–H and O–H groups in total. The minimum absolute atomic E-state index is 0.0819. The summed E-state index contributed by atoms with van der Waals surface area (Å²) in [5.41, 5.74) is 1.66. The van der Waals surface area contributed by atoms with Crippen LogP contribution in [0.5, 0.6) is 11.5 Å². The third kappa shape index (κ3) is 5.20. The van der Waals surface area contributed by atoms with Crippen LogP contribution in [0.2, 0.25) is 0 Å². The van der Waals surface area contributed by atoms with Gasteiger partial charge in [0.15, 0.2) is 11.9 Å². The first-order valence-electron chi connectivity index (χ1n) is 8.23. The van der Waals surface area contributed by atoms with E-state index in [1.165, 1.54) is 12.1 Å². The molecule has 0 fully saturated rings. The molecule has 0 aliphatic carbocycles. The van der Waals surface area contributed by atoms with Crippen LogP contribution in [0, 0.1) is 17.0 Å². The van der Waals surface area contributed by atoms with Crippen molar-refractivity contribution in [1.82, 2.24) is 5.32 Å². The number of hydrogen-bond donors (Lipinski definition) is 1. The predicted octanol–water partition coefficient (Wildman–Crippen LogP) is 3.04. The molecule has 0 bridgehead atoms. The Morgan fingerprint density at radius 3 is 2.54 bits per heavy atom. The summed E-state index contributed by atoms with van der Waals surface area (Å²) in [5, 5.41) is 13.9. The van der Waals surface area contributed by atoms with Crippen LogP contribution in [0.1, 0.15) is 18.1 Å². The van der Waals surface area contributed by atoms with Crippen LogP contribution in [0.4, 0.5) is 5.69 Å². The van der Waals surface area contributed by atoms with Crippen molar-refractivity contribution < 1.29 is 19.2 Å². The van der Waals surface area contributed by atoms with Gasteiger partial charge in [-0.25, -0.2) is 0 Å². The number of ether oxygens (including phenoxy) is 2. The molecule has 0 aromatic heterocycles. The van der Waals surface area contributed by atoms with Crippen molar-refractivity contribution in [2.45, 2.75) is 26.4 Å². The molecule has 0 saturated heterocycles. The second kappa shape index (κ2) is 8.84. The Kier molecular flexibility index (Phi) is 6.54. The second-order valence-electron chi connectivity index (χ2n) is 5.88. The smallest absolute Gasteiger partial charge is 0.311 e. The minimum atomic E-state index is -0.840. The maximum absolute atomic E-state index is 12.2. The van der Waals surface area contributed by atoms with E-state index in [0.717, 1.165) is 16.9 Å². The van der Waals surface area contributed by atoms with Gasteiger partial charge in [-0.2, -0.15) is 0 Å². The van der Waals surface area contributed by atoms with Gasteiger partial charge in [-0.3, -0.25) is 14.9 Å². The fourth-order valence-electron chi connectivity index (χ4n) is 2.38. The maximum Gasteiger partial charge on any atom is 0.311 e. The molecule has 0 spiro atoms. The summed E-state index contributed by atoms with van der Waals surface area (Å²) in [6.45, 7) is 3.76. The lowest BCUT2D eigenvalue weighted by Crippen LogP contribution is -2.37. The van der Waals surface area contributed by atoms with Gasteiger partial charge in [-0.1, -0.05) is 18.2 Å². The third-order valence-electron chi connectivity index (χ3n) is 3.86. The Morgan fingerprint density at radius 1 is 1.23 bits per heavy atom. The maximum atomic E-state index is 12.2. The quantitative estimate of drug-likeness (QED) is 0.578. The van der Waals surface area contributed by atoms with E-state index in [4.69, 9.17) is 9.47 Å². The lowest BCUT2D eigenvalue weighted by Gasteiger charge is -2.15. The zero-order valence-corrected chi connectivity index (χ0v) is 15.0. The number of nitrogens with one attached hydrogen (secondary N) is 1. The molecule has 26 heavy (non-hydrogen) atoms. The Balaban J connectivity index is 1.88. The van der Waals surface area contributed by atoms with Gasteiger partial charge < -0.3 is 14.8 Å². The van der Waals surface area contributed by atoms with Gasteiger partial charge in [0.2, 0.25) is 0 Å². The fraction of sp³-hybridized carbons (Fsp3) is 0.316. The summed E-state index contributed by atoms with van der Waals surface area (Å²) >= 11 is 0. The number of methoxy groups -OCH3 is 1. The van der Waals surface area contributed by atoms with Gasteiger partial charge in [0.05, 0.1) is 12.0 Å². The van der Waals surface area contributed by atoms with Gasteiger partial charge in [-0.05, 0) is 49.6 Å². The van der Waals surface area contributed by atoms with Crippen LogP contribution in [0.15, 0.2) is 42.5 Å². The fourth-order valence-corrected chi connectivity index (χ4v) is 2.38. The van der Waals surface area contributed by atoms with Gasteiger partial charge in [0.25, 0.3) is 5.91 Å². The number of rotatable bonds is 8. The zero-order chi connectivity index (χ0) is 19.1. The minimum Gasteiger partial charge on any atom is -0.497 e. The summed E-state index contributed by atoms with van der Waals surface area (Å²) < 4.78 is 10.6. The van der Waals surface area contributed by atoms with Crippen LogP contribution in [-0.4, -0.2) is 30.6 Å². The molecule has 1 atom stereocenters. The lowest BCUT2D eigenvalue weighted by molar-refractivity contribution is -0.386. The van der Waals surface area contributed by atoms with Gasteiger partial charge >= 0.3 is 5.69 Å². The van der Waals surface area contributed by atoms with Crippen molar-refractivity contribution in [2.24, 2.45) is 0 Å². The molecule has 7 nitrogen and oxygen atoms in total. The summed E-state index contributed by atoms with van der Waals surface area (Å²) in [6.07, 6.45) is -0.181. The number of nitro groups is 1. The summed E-state index contributed by atoms with van der Waals surface area (Å²) in [5.74, 6) is 0.534. The van der Waals surface area contributed by atoms with E-state index in [0.29, 0.717) is 13.0 Å². The zero-order valence-electron chi connectivity index (χ0n) is 15.0. The first kappa shape index (κ1) is 19.2. The highest BCUT2D eigenvalue weighted by molar-refractivity contribution is 5.80. The first-order valence-corrected chi connectivity index (χ1v) is 8.23. The summed E-state index contributed by atoms with van der Waals surface area (Å²) in [7, 11) is 1.61. The van der Waals surface area contributed by atoms with Crippen molar-refractivity contribution >= 4 is 11.6 Å². The molecule has 0 saturated carbocycles. The molecule has 0 radical (unpaired) electrons. The topological polar surface area (TPSA) is 90.7 Å². The molecule has 138 valence electrons. The van der Waals surface area contributed by atoms with Gasteiger partial charge in [-0.15, -0.1) is 0 Å². The first-order chi connectivity index (χ1) is 12.4. The SMILES string of the molecule is COc1ccc(CCNC(=O)[C@@H](C)Oc2ccc(C)cc2[N+](=O)[O-])cc1. The number of nitrogens with zero attached hydrogens (tertiary/aromatic N) is 1. The normalized spacial score (nSPS) is 11.5. The Labute approximate surface area is 152 Å².